The molecule has 0 amide bonds. The highest BCUT2D eigenvalue weighted by atomic mass is 35.5. The summed E-state index contributed by atoms with van der Waals surface area (Å²) >= 11 is 5.91. The number of ether oxygens (including phenoxy) is 2. The van der Waals surface area contributed by atoms with Crippen molar-refractivity contribution in [2.24, 2.45) is 0 Å². The van der Waals surface area contributed by atoms with Gasteiger partial charge in [0.1, 0.15) is 16.4 Å². The van der Waals surface area contributed by atoms with Crippen molar-refractivity contribution in [3.8, 4) is 11.5 Å². The molecule has 0 unspecified atom stereocenters. The van der Waals surface area contributed by atoms with Crippen molar-refractivity contribution in [2.45, 2.75) is 17.9 Å². The zero-order valence-electron chi connectivity index (χ0n) is 13.0. The number of benzene rings is 2. The summed E-state index contributed by atoms with van der Waals surface area (Å²) in [7, 11) is -0.791. The van der Waals surface area contributed by atoms with Crippen LogP contribution in [0.2, 0.25) is 5.02 Å². The molecule has 5 nitrogen and oxygen atoms in total. The Morgan fingerprint density at radius 1 is 1.04 bits per heavy atom. The molecular formula is C16H18ClNO4S. The van der Waals surface area contributed by atoms with Crippen molar-refractivity contribution < 1.29 is 17.9 Å². The van der Waals surface area contributed by atoms with Crippen LogP contribution in [-0.2, 0) is 10.0 Å². The Bertz CT molecular complexity index is 775. The minimum Gasteiger partial charge on any atom is -0.497 e. The predicted molar refractivity (Wildman–Crippen MR) is 89.7 cm³/mol. The van der Waals surface area contributed by atoms with Gasteiger partial charge < -0.3 is 9.47 Å². The number of rotatable bonds is 6. The smallest absolute Gasteiger partial charge is 0.244 e. The molecule has 0 aliphatic carbocycles. The van der Waals surface area contributed by atoms with E-state index in [4.69, 9.17) is 21.1 Å². The Labute approximate surface area is 141 Å². The van der Waals surface area contributed by atoms with Crippen LogP contribution in [-0.4, -0.2) is 22.6 Å². The Balaban J connectivity index is 2.28. The lowest BCUT2D eigenvalue weighted by Gasteiger charge is -2.16. The molecule has 0 bridgehead atoms. The normalized spacial score (nSPS) is 12.7. The second-order valence-corrected chi connectivity index (χ2v) is 7.03. The maximum absolute atomic E-state index is 12.6. The van der Waals surface area contributed by atoms with Crippen LogP contribution in [0.15, 0.2) is 47.4 Å². The van der Waals surface area contributed by atoms with Crippen molar-refractivity contribution in [1.82, 2.24) is 4.72 Å². The van der Waals surface area contributed by atoms with E-state index < -0.39 is 16.1 Å². The van der Waals surface area contributed by atoms with Gasteiger partial charge in [0, 0.05) is 11.1 Å². The van der Waals surface area contributed by atoms with Gasteiger partial charge in [0.15, 0.2) is 0 Å². The van der Waals surface area contributed by atoms with Crippen molar-refractivity contribution in [3.63, 3.8) is 0 Å². The van der Waals surface area contributed by atoms with Crippen molar-refractivity contribution in [3.05, 3.63) is 53.1 Å². The van der Waals surface area contributed by atoms with Crippen LogP contribution in [0.3, 0.4) is 0 Å². The van der Waals surface area contributed by atoms with Crippen LogP contribution < -0.4 is 14.2 Å². The van der Waals surface area contributed by atoms with Gasteiger partial charge in [0.05, 0.1) is 14.2 Å². The van der Waals surface area contributed by atoms with Crippen molar-refractivity contribution in [1.29, 1.82) is 0 Å². The highest BCUT2D eigenvalue weighted by molar-refractivity contribution is 7.89. The van der Waals surface area contributed by atoms with Gasteiger partial charge in [0.2, 0.25) is 10.0 Å². The number of hydrogen-bond donors (Lipinski definition) is 1. The van der Waals surface area contributed by atoms with Crippen molar-refractivity contribution >= 4 is 21.6 Å². The molecule has 0 radical (unpaired) electrons. The molecule has 2 aromatic carbocycles. The van der Waals surface area contributed by atoms with Gasteiger partial charge >= 0.3 is 0 Å². The third-order valence-electron chi connectivity index (χ3n) is 3.36. The second-order valence-electron chi connectivity index (χ2n) is 4.91. The zero-order chi connectivity index (χ0) is 17.0. The van der Waals surface area contributed by atoms with Crippen molar-refractivity contribution in [2.75, 3.05) is 14.2 Å². The fraction of sp³-hybridized carbons (Fsp3) is 0.250. The molecule has 23 heavy (non-hydrogen) atoms. The van der Waals surface area contributed by atoms with E-state index in [0.717, 1.165) is 5.56 Å². The zero-order valence-corrected chi connectivity index (χ0v) is 14.6. The van der Waals surface area contributed by atoms with E-state index in [2.05, 4.69) is 4.72 Å². The van der Waals surface area contributed by atoms with Gasteiger partial charge in [-0.15, -0.1) is 0 Å². The average Bonchev–Trinajstić information content (AvgIpc) is 2.54. The third kappa shape index (κ3) is 4.16. The molecule has 2 rings (SSSR count). The molecule has 0 aliphatic heterocycles. The van der Waals surface area contributed by atoms with E-state index in [0.29, 0.717) is 10.8 Å². The molecule has 0 aliphatic rings. The third-order valence-corrected chi connectivity index (χ3v) is 5.16. The number of hydrogen-bond acceptors (Lipinski definition) is 4. The van der Waals surface area contributed by atoms with Crippen LogP contribution in [0.4, 0.5) is 0 Å². The summed E-state index contributed by atoms with van der Waals surface area (Å²) in [4.78, 5) is 0.00728. The molecule has 0 aromatic heterocycles. The van der Waals surface area contributed by atoms with Gasteiger partial charge in [-0.25, -0.2) is 13.1 Å². The first-order chi connectivity index (χ1) is 10.9. The minimum atomic E-state index is -3.78. The monoisotopic (exact) mass is 355 g/mol. The maximum Gasteiger partial charge on any atom is 0.244 e. The lowest BCUT2D eigenvalue weighted by molar-refractivity contribution is 0.402. The fourth-order valence-corrected chi connectivity index (χ4v) is 3.78. The van der Waals surface area contributed by atoms with E-state index >= 15 is 0 Å². The summed E-state index contributed by atoms with van der Waals surface area (Å²) in [5, 5.41) is 0.322. The fourth-order valence-electron chi connectivity index (χ4n) is 2.12. The minimum absolute atomic E-state index is 0.00728. The first-order valence-electron chi connectivity index (χ1n) is 6.87. The van der Waals surface area contributed by atoms with Gasteiger partial charge in [0.25, 0.3) is 0 Å². The molecule has 1 N–H and O–H groups in total. The van der Waals surface area contributed by atoms with Gasteiger partial charge in [-0.3, -0.25) is 0 Å². The highest BCUT2D eigenvalue weighted by Gasteiger charge is 2.22. The molecule has 0 heterocycles. The Morgan fingerprint density at radius 3 is 2.26 bits per heavy atom. The summed E-state index contributed by atoms with van der Waals surface area (Å²) in [6.45, 7) is 1.76. The maximum atomic E-state index is 12.6. The molecular weight excluding hydrogens is 338 g/mol. The largest absolute Gasteiger partial charge is 0.497 e. The van der Waals surface area contributed by atoms with E-state index in [-0.39, 0.29) is 10.6 Å². The standard InChI is InChI=1S/C16H18ClNO4S/c1-11(12-4-7-14(21-2)8-5-12)18-23(19,20)16-10-13(17)6-9-15(16)22-3/h4-11,18H,1-3H3/t11-/m1/s1. The number of nitrogens with one attached hydrogen (secondary N) is 1. The molecule has 124 valence electrons. The summed E-state index contributed by atoms with van der Waals surface area (Å²) in [5.41, 5.74) is 0.815. The number of methoxy groups -OCH3 is 2. The number of halogens is 1. The van der Waals surface area contributed by atoms with Gasteiger partial charge in [-0.2, -0.15) is 0 Å². The first-order valence-corrected chi connectivity index (χ1v) is 8.73. The molecule has 0 saturated carbocycles. The lowest BCUT2D eigenvalue weighted by atomic mass is 10.1. The molecule has 2 aromatic rings. The SMILES string of the molecule is COc1ccc([C@@H](C)NS(=O)(=O)c2cc(Cl)ccc2OC)cc1. The molecule has 7 heteroatoms. The second kappa shape index (κ2) is 7.21. The van der Waals surface area contributed by atoms with E-state index in [9.17, 15) is 8.42 Å². The Kier molecular flexibility index (Phi) is 5.51. The average molecular weight is 356 g/mol. The summed E-state index contributed by atoms with van der Waals surface area (Å²) < 4.78 is 38.0. The van der Waals surface area contributed by atoms with E-state index in [1.807, 2.05) is 0 Å². The van der Waals surface area contributed by atoms with Crippen LogP contribution in [0.5, 0.6) is 11.5 Å². The van der Waals surface area contributed by atoms with Crippen LogP contribution in [0.25, 0.3) is 0 Å². The predicted octanol–water partition coefficient (Wildman–Crippen LogP) is 3.40. The molecule has 0 fully saturated rings. The summed E-state index contributed by atoms with van der Waals surface area (Å²) in [6, 6.07) is 11.2. The molecule has 1 atom stereocenters. The van der Waals surface area contributed by atoms with Crippen LogP contribution >= 0.6 is 11.6 Å². The van der Waals surface area contributed by atoms with Crippen LogP contribution in [0.1, 0.15) is 18.5 Å². The lowest BCUT2D eigenvalue weighted by Crippen LogP contribution is -2.27. The Hall–Kier alpha value is -1.76. The van der Waals surface area contributed by atoms with Gasteiger partial charge in [-0.1, -0.05) is 23.7 Å². The molecule has 0 saturated heterocycles. The Morgan fingerprint density at radius 2 is 1.70 bits per heavy atom. The topological polar surface area (TPSA) is 64.6 Å². The quantitative estimate of drug-likeness (QED) is 0.862. The number of sulfonamides is 1. The molecule has 0 spiro atoms. The van der Waals surface area contributed by atoms with E-state index in [1.165, 1.54) is 19.2 Å². The first kappa shape index (κ1) is 17.6. The van der Waals surface area contributed by atoms with Crippen LogP contribution in [0, 0.1) is 0 Å². The summed E-state index contributed by atoms with van der Waals surface area (Å²) in [6.07, 6.45) is 0. The summed E-state index contributed by atoms with van der Waals surface area (Å²) in [5.74, 6) is 0.948. The van der Waals surface area contributed by atoms with E-state index in [1.54, 1.807) is 44.4 Å². The van der Waals surface area contributed by atoms with Gasteiger partial charge in [-0.05, 0) is 42.8 Å². The highest BCUT2D eigenvalue weighted by Crippen LogP contribution is 2.28.